The number of piperidine rings is 1. The van der Waals surface area contributed by atoms with Gasteiger partial charge in [0.2, 0.25) is 5.88 Å². The monoisotopic (exact) mass is 444 g/mol. The lowest BCUT2D eigenvalue weighted by molar-refractivity contribution is -0.105. The normalized spacial score (nSPS) is 23.2. The molecule has 7 heteroatoms. The van der Waals surface area contributed by atoms with E-state index in [4.69, 9.17) is 21.1 Å². The minimum absolute atomic E-state index is 0.0350. The average molecular weight is 445 g/mol. The van der Waals surface area contributed by atoms with Crippen molar-refractivity contribution in [2.75, 3.05) is 13.1 Å². The minimum atomic E-state index is -0.850. The van der Waals surface area contributed by atoms with Gasteiger partial charge in [0.05, 0.1) is 16.7 Å². The van der Waals surface area contributed by atoms with Gasteiger partial charge in [0.1, 0.15) is 5.75 Å². The van der Waals surface area contributed by atoms with Gasteiger partial charge in [-0.3, -0.25) is 0 Å². The lowest BCUT2D eigenvalue weighted by atomic mass is 9.75. The molecule has 6 nitrogen and oxygen atoms in total. The molecule has 1 aromatic heterocycles. The zero-order valence-electron chi connectivity index (χ0n) is 18.2. The van der Waals surface area contributed by atoms with Crippen molar-refractivity contribution in [2.45, 2.75) is 57.7 Å². The molecule has 166 valence electrons. The number of amides is 1. The van der Waals surface area contributed by atoms with Crippen molar-refractivity contribution in [1.82, 2.24) is 9.88 Å². The Labute approximate surface area is 188 Å². The van der Waals surface area contributed by atoms with Gasteiger partial charge in [-0.15, -0.1) is 0 Å². The van der Waals surface area contributed by atoms with Gasteiger partial charge in [0.15, 0.2) is 0 Å². The van der Waals surface area contributed by atoms with Crippen molar-refractivity contribution in [3.05, 3.63) is 53.2 Å². The third-order valence-electron chi connectivity index (χ3n) is 6.34. The largest absolute Gasteiger partial charge is 0.465 e. The van der Waals surface area contributed by atoms with E-state index in [0.717, 1.165) is 25.0 Å². The van der Waals surface area contributed by atoms with Gasteiger partial charge in [-0.05, 0) is 48.4 Å². The number of ether oxygens (including phenoxy) is 2. The number of carbonyl (C=O) groups is 1. The molecule has 4 rings (SSSR count). The summed E-state index contributed by atoms with van der Waals surface area (Å²) in [4.78, 5) is 17.0. The second-order valence-corrected chi connectivity index (χ2v) is 10.1. The summed E-state index contributed by atoms with van der Waals surface area (Å²) in [6.45, 7) is 7.64. The Bertz CT molecular complexity index is 933. The van der Waals surface area contributed by atoms with E-state index < -0.39 is 6.09 Å². The Kier molecular flexibility index (Phi) is 5.88. The molecule has 1 N–H and O–H groups in total. The Morgan fingerprint density at radius 3 is 2.61 bits per heavy atom. The van der Waals surface area contributed by atoms with E-state index >= 15 is 0 Å². The molecule has 2 aliphatic rings. The van der Waals surface area contributed by atoms with E-state index in [9.17, 15) is 9.90 Å². The highest BCUT2D eigenvalue weighted by atomic mass is 35.5. The predicted molar refractivity (Wildman–Crippen MR) is 119 cm³/mol. The molecule has 2 aliphatic heterocycles. The Morgan fingerprint density at radius 1 is 1.26 bits per heavy atom. The molecule has 1 aromatic carbocycles. The SMILES string of the molecule is CC(C)(C)C1OC2(CCN(C(=O)O)CC2)C[C@@H]1c1cccc(Oc2ccc(Cl)cn2)c1. The number of nitrogens with zero attached hydrogens (tertiary/aromatic N) is 2. The van der Waals surface area contributed by atoms with E-state index in [2.05, 4.69) is 37.9 Å². The number of carboxylic acid groups (broad SMARTS) is 1. The maximum Gasteiger partial charge on any atom is 0.407 e. The van der Waals surface area contributed by atoms with E-state index in [0.29, 0.717) is 24.0 Å². The van der Waals surface area contributed by atoms with Gasteiger partial charge >= 0.3 is 6.09 Å². The number of rotatable bonds is 3. The molecule has 31 heavy (non-hydrogen) atoms. The quantitative estimate of drug-likeness (QED) is 0.632. The minimum Gasteiger partial charge on any atom is -0.465 e. The third-order valence-corrected chi connectivity index (χ3v) is 6.57. The first-order valence-corrected chi connectivity index (χ1v) is 11.1. The topological polar surface area (TPSA) is 71.9 Å². The van der Waals surface area contributed by atoms with Crippen LogP contribution in [-0.2, 0) is 4.74 Å². The van der Waals surface area contributed by atoms with Crippen LogP contribution >= 0.6 is 11.6 Å². The molecule has 1 amide bonds. The average Bonchev–Trinajstić information content (AvgIpc) is 3.10. The number of halogens is 1. The highest BCUT2D eigenvalue weighted by Crippen LogP contribution is 2.51. The highest BCUT2D eigenvalue weighted by Gasteiger charge is 2.52. The van der Waals surface area contributed by atoms with Crippen LogP contribution in [-0.4, -0.2) is 45.9 Å². The highest BCUT2D eigenvalue weighted by molar-refractivity contribution is 6.30. The van der Waals surface area contributed by atoms with Gasteiger partial charge in [-0.2, -0.15) is 0 Å². The molecule has 1 unspecified atom stereocenters. The zero-order valence-corrected chi connectivity index (χ0v) is 18.9. The molecule has 2 fully saturated rings. The van der Waals surface area contributed by atoms with Crippen LogP contribution in [0.2, 0.25) is 5.02 Å². The molecule has 0 bridgehead atoms. The van der Waals surface area contributed by atoms with Crippen molar-refractivity contribution < 1.29 is 19.4 Å². The third kappa shape index (κ3) is 4.80. The summed E-state index contributed by atoms with van der Waals surface area (Å²) in [6, 6.07) is 11.6. The fraction of sp³-hybridized carbons (Fsp3) is 0.500. The molecule has 2 saturated heterocycles. The van der Waals surface area contributed by atoms with E-state index in [1.165, 1.54) is 10.5 Å². The summed E-state index contributed by atoms with van der Waals surface area (Å²) < 4.78 is 12.7. The molecular formula is C24H29ClN2O4. The molecule has 1 spiro atoms. The second-order valence-electron chi connectivity index (χ2n) is 9.66. The summed E-state index contributed by atoms with van der Waals surface area (Å²) in [6.07, 6.45) is 3.09. The molecular weight excluding hydrogens is 416 g/mol. The van der Waals surface area contributed by atoms with Crippen molar-refractivity contribution in [2.24, 2.45) is 5.41 Å². The summed E-state index contributed by atoms with van der Waals surface area (Å²) >= 11 is 5.91. The van der Waals surface area contributed by atoms with Crippen LogP contribution in [0.25, 0.3) is 0 Å². The van der Waals surface area contributed by atoms with Crippen LogP contribution in [0.15, 0.2) is 42.6 Å². The van der Waals surface area contributed by atoms with Crippen LogP contribution in [0.3, 0.4) is 0 Å². The van der Waals surface area contributed by atoms with Crippen LogP contribution < -0.4 is 4.74 Å². The summed E-state index contributed by atoms with van der Waals surface area (Å²) in [5, 5.41) is 9.87. The first kappa shape index (κ1) is 21.9. The number of benzene rings is 1. The van der Waals surface area contributed by atoms with Crippen molar-refractivity contribution in [3.63, 3.8) is 0 Å². The second kappa shape index (κ2) is 8.32. The standard InChI is InChI=1S/C24H29ClN2O4/c1-23(2,3)21-19(14-24(31-21)9-11-27(12-10-24)22(28)29)16-5-4-6-18(13-16)30-20-8-7-17(25)15-26-20/h4-8,13,15,19,21H,9-12,14H2,1-3H3,(H,28,29)/t19-,21?/m1/s1. The van der Waals surface area contributed by atoms with Gasteiger partial charge in [-0.25, -0.2) is 9.78 Å². The smallest absolute Gasteiger partial charge is 0.407 e. The fourth-order valence-electron chi connectivity index (χ4n) is 4.76. The zero-order chi connectivity index (χ0) is 22.2. The first-order chi connectivity index (χ1) is 14.7. The predicted octanol–water partition coefficient (Wildman–Crippen LogP) is 5.96. The molecule has 3 heterocycles. The summed E-state index contributed by atoms with van der Waals surface area (Å²) in [5.74, 6) is 1.42. The number of hydrogen-bond acceptors (Lipinski definition) is 4. The van der Waals surface area contributed by atoms with Crippen LogP contribution in [0.5, 0.6) is 11.6 Å². The van der Waals surface area contributed by atoms with Gasteiger partial charge in [0.25, 0.3) is 0 Å². The van der Waals surface area contributed by atoms with Crippen molar-refractivity contribution >= 4 is 17.7 Å². The first-order valence-electron chi connectivity index (χ1n) is 10.7. The van der Waals surface area contributed by atoms with Crippen molar-refractivity contribution in [3.8, 4) is 11.6 Å². The Morgan fingerprint density at radius 2 is 2.00 bits per heavy atom. The van der Waals surface area contributed by atoms with Crippen LogP contribution in [0.4, 0.5) is 4.79 Å². The molecule has 2 atom stereocenters. The Hall–Kier alpha value is -2.31. The summed E-state index contributed by atoms with van der Waals surface area (Å²) in [5.41, 5.74) is 0.847. The maximum absolute atomic E-state index is 11.3. The molecule has 0 saturated carbocycles. The van der Waals surface area contributed by atoms with Gasteiger partial charge in [0, 0.05) is 31.3 Å². The molecule has 0 aliphatic carbocycles. The van der Waals surface area contributed by atoms with Crippen molar-refractivity contribution in [1.29, 1.82) is 0 Å². The van der Waals surface area contributed by atoms with E-state index in [-0.39, 0.29) is 23.0 Å². The molecule has 0 radical (unpaired) electrons. The van der Waals surface area contributed by atoms with Crippen LogP contribution in [0, 0.1) is 5.41 Å². The maximum atomic E-state index is 11.3. The van der Waals surface area contributed by atoms with Gasteiger partial charge < -0.3 is 19.5 Å². The van der Waals surface area contributed by atoms with E-state index in [1.54, 1.807) is 18.3 Å². The molecule has 2 aromatic rings. The van der Waals surface area contributed by atoms with Gasteiger partial charge in [-0.1, -0.05) is 44.5 Å². The van der Waals surface area contributed by atoms with E-state index in [1.807, 2.05) is 12.1 Å². The number of likely N-dealkylation sites (tertiary alicyclic amines) is 1. The summed E-state index contributed by atoms with van der Waals surface area (Å²) in [7, 11) is 0. The fourth-order valence-corrected chi connectivity index (χ4v) is 4.87. The number of hydrogen-bond donors (Lipinski definition) is 1. The lowest BCUT2D eigenvalue weighted by Crippen LogP contribution is -2.46. The lowest BCUT2D eigenvalue weighted by Gasteiger charge is -2.39. The number of aromatic nitrogens is 1. The number of pyridine rings is 1. The van der Waals surface area contributed by atoms with Crippen LogP contribution in [0.1, 0.15) is 51.5 Å². The Balaban J connectivity index is 1.57.